The number of aliphatic carboxylic acids is 1. The van der Waals surface area contributed by atoms with Crippen molar-refractivity contribution in [3.05, 3.63) is 76.7 Å². The Bertz CT molecular complexity index is 1540. The Morgan fingerprint density at radius 2 is 1.91 bits per heavy atom. The van der Waals surface area contributed by atoms with Gasteiger partial charge in [-0.15, -0.1) is 0 Å². The van der Waals surface area contributed by atoms with Crippen LogP contribution < -0.4 is 9.47 Å². The summed E-state index contributed by atoms with van der Waals surface area (Å²) >= 11 is 0. The normalized spacial score (nSPS) is 21.8. The molecule has 1 aliphatic carbocycles. The number of rotatable bonds is 9. The molecular formula is C34H36F4N2O4. The average molecular weight is 613 g/mol. The van der Waals surface area contributed by atoms with E-state index >= 15 is 4.39 Å². The summed E-state index contributed by atoms with van der Waals surface area (Å²) in [6.45, 7) is 2.17. The van der Waals surface area contributed by atoms with Crippen LogP contribution in [0.1, 0.15) is 66.9 Å². The van der Waals surface area contributed by atoms with Gasteiger partial charge in [0.2, 0.25) is 5.88 Å². The van der Waals surface area contributed by atoms with E-state index in [0.29, 0.717) is 30.0 Å². The predicted octanol–water partition coefficient (Wildman–Crippen LogP) is 7.56. The van der Waals surface area contributed by atoms with Gasteiger partial charge in [0.25, 0.3) is 0 Å². The van der Waals surface area contributed by atoms with E-state index in [1.807, 2.05) is 30.3 Å². The molecule has 2 aromatic carbocycles. The number of aromatic nitrogens is 1. The van der Waals surface area contributed by atoms with E-state index in [1.165, 1.54) is 13.2 Å². The number of halogens is 4. The van der Waals surface area contributed by atoms with Crippen LogP contribution in [0.4, 0.5) is 17.6 Å². The molecule has 2 aliphatic heterocycles. The molecule has 2 fully saturated rings. The molecule has 6 rings (SSSR count). The van der Waals surface area contributed by atoms with Crippen LogP contribution in [0.15, 0.2) is 48.7 Å². The van der Waals surface area contributed by atoms with Crippen LogP contribution in [0.25, 0.3) is 11.1 Å². The van der Waals surface area contributed by atoms with Gasteiger partial charge >= 0.3 is 12.1 Å². The van der Waals surface area contributed by atoms with Gasteiger partial charge in [0.1, 0.15) is 17.7 Å². The van der Waals surface area contributed by atoms with Crippen molar-refractivity contribution in [1.29, 1.82) is 0 Å². The third-order valence-corrected chi connectivity index (χ3v) is 9.44. The number of carboxylic acids is 1. The Balaban J connectivity index is 1.31. The number of fused-ring (bicyclic) bond motifs is 1. The highest BCUT2D eigenvalue weighted by molar-refractivity contribution is 5.71. The number of carbonyl (C=O) groups is 1. The standard InChI is InChI=1S/C34H36F4N2O4/c1-19(33(41)42)32(21-4-5-21)23-6-3-20-8-10-29(44-30(20)14-23)22-7-9-26(27-15-31(43-2)39-16-28(27)35)24(13-22)17-40-12-11-25(18-40)34(36,37)38/h3,6-7,9,13-16,19,21,25,29,32H,4-5,8,10-12,17-18H2,1-2H3,(H,41,42)/t19-,25?,29?,32-/m0/s1. The lowest BCUT2D eigenvalue weighted by Gasteiger charge is -2.29. The summed E-state index contributed by atoms with van der Waals surface area (Å²) < 4.78 is 67.1. The molecule has 1 saturated carbocycles. The Hall–Kier alpha value is -3.66. The fourth-order valence-electron chi connectivity index (χ4n) is 6.84. The molecule has 6 nitrogen and oxygen atoms in total. The molecule has 4 atom stereocenters. The molecule has 234 valence electrons. The highest BCUT2D eigenvalue weighted by Gasteiger charge is 2.43. The molecule has 3 aliphatic rings. The van der Waals surface area contributed by atoms with Gasteiger partial charge in [-0.1, -0.05) is 37.3 Å². The number of aryl methyl sites for hydroxylation is 1. The Morgan fingerprint density at radius 3 is 2.59 bits per heavy atom. The van der Waals surface area contributed by atoms with Gasteiger partial charge in [0.15, 0.2) is 0 Å². The van der Waals surface area contributed by atoms with Crippen molar-refractivity contribution in [2.45, 2.75) is 63.8 Å². The molecule has 1 N–H and O–H groups in total. The zero-order valence-electron chi connectivity index (χ0n) is 24.7. The number of ether oxygens (including phenoxy) is 2. The van der Waals surface area contributed by atoms with Crippen LogP contribution in [0.3, 0.4) is 0 Å². The highest BCUT2D eigenvalue weighted by Crippen LogP contribution is 2.48. The molecule has 0 amide bonds. The van der Waals surface area contributed by atoms with Crippen molar-refractivity contribution < 1.29 is 36.9 Å². The number of likely N-dealkylation sites (tertiary alicyclic amines) is 1. The Morgan fingerprint density at radius 1 is 1.11 bits per heavy atom. The molecule has 0 radical (unpaired) electrons. The molecule has 1 aromatic heterocycles. The number of benzene rings is 2. The van der Waals surface area contributed by atoms with Crippen LogP contribution in [0, 0.1) is 23.6 Å². The van der Waals surface area contributed by atoms with Gasteiger partial charge in [-0.25, -0.2) is 9.37 Å². The van der Waals surface area contributed by atoms with Crippen LogP contribution in [-0.2, 0) is 17.8 Å². The number of alkyl halides is 3. The molecule has 10 heteroatoms. The smallest absolute Gasteiger partial charge is 0.393 e. The third kappa shape index (κ3) is 6.27. The monoisotopic (exact) mass is 612 g/mol. The summed E-state index contributed by atoms with van der Waals surface area (Å²) in [6, 6.07) is 13.1. The molecule has 0 bridgehead atoms. The molecule has 44 heavy (non-hydrogen) atoms. The minimum atomic E-state index is -4.26. The van der Waals surface area contributed by atoms with Gasteiger partial charge in [-0.05, 0) is 84.4 Å². The maximum absolute atomic E-state index is 15.1. The molecule has 3 aromatic rings. The maximum Gasteiger partial charge on any atom is 0.393 e. The topological polar surface area (TPSA) is 71.9 Å². The van der Waals surface area contributed by atoms with E-state index in [2.05, 4.69) is 4.98 Å². The van der Waals surface area contributed by atoms with Gasteiger partial charge in [-0.2, -0.15) is 13.2 Å². The van der Waals surface area contributed by atoms with E-state index in [-0.39, 0.29) is 43.0 Å². The minimum absolute atomic E-state index is 0.0309. The first-order chi connectivity index (χ1) is 21.0. The lowest BCUT2D eigenvalue weighted by Crippen LogP contribution is -2.27. The largest absolute Gasteiger partial charge is 0.485 e. The molecular weight excluding hydrogens is 576 g/mol. The SMILES string of the molecule is COc1cc(-c2ccc(C3CCc4ccc([C@H](C5CC5)[C@H](C)C(=O)O)cc4O3)cc2CN2CCC(C(F)(F)F)C2)c(F)cn1. The number of methoxy groups -OCH3 is 1. The molecule has 3 heterocycles. The lowest BCUT2D eigenvalue weighted by atomic mass is 9.82. The molecule has 0 spiro atoms. The first-order valence-electron chi connectivity index (χ1n) is 15.2. The highest BCUT2D eigenvalue weighted by atomic mass is 19.4. The van der Waals surface area contributed by atoms with Crippen molar-refractivity contribution in [2.24, 2.45) is 17.8 Å². The number of nitrogens with zero attached hydrogens (tertiary/aromatic N) is 2. The van der Waals surface area contributed by atoms with Crippen molar-refractivity contribution >= 4 is 5.97 Å². The maximum atomic E-state index is 15.1. The number of hydrogen-bond donors (Lipinski definition) is 1. The van der Waals surface area contributed by atoms with E-state index in [9.17, 15) is 23.1 Å². The predicted molar refractivity (Wildman–Crippen MR) is 156 cm³/mol. The minimum Gasteiger partial charge on any atom is -0.485 e. The van der Waals surface area contributed by atoms with Crippen LogP contribution in [0.5, 0.6) is 11.6 Å². The summed E-state index contributed by atoms with van der Waals surface area (Å²) in [6.07, 6.45) is 0.0252. The summed E-state index contributed by atoms with van der Waals surface area (Å²) in [5, 5.41) is 9.73. The van der Waals surface area contributed by atoms with Crippen molar-refractivity contribution in [3.63, 3.8) is 0 Å². The van der Waals surface area contributed by atoms with Gasteiger partial charge in [0, 0.05) is 24.7 Å². The summed E-state index contributed by atoms with van der Waals surface area (Å²) in [5.74, 6) is -2.03. The van der Waals surface area contributed by atoms with E-state index < -0.39 is 29.8 Å². The van der Waals surface area contributed by atoms with E-state index in [1.54, 1.807) is 17.9 Å². The van der Waals surface area contributed by atoms with E-state index in [0.717, 1.165) is 47.9 Å². The Labute approximate surface area is 254 Å². The molecule has 2 unspecified atom stereocenters. The van der Waals surface area contributed by atoms with Crippen molar-refractivity contribution in [3.8, 4) is 22.8 Å². The summed E-state index contributed by atoms with van der Waals surface area (Å²) in [4.78, 5) is 17.6. The fraction of sp³-hybridized carbons (Fsp3) is 0.471. The van der Waals surface area contributed by atoms with Crippen molar-refractivity contribution in [1.82, 2.24) is 9.88 Å². The van der Waals surface area contributed by atoms with Crippen molar-refractivity contribution in [2.75, 3.05) is 20.2 Å². The van der Waals surface area contributed by atoms with Crippen LogP contribution in [-0.4, -0.2) is 47.3 Å². The first kappa shape index (κ1) is 30.4. The van der Waals surface area contributed by atoms with Crippen LogP contribution in [0.2, 0.25) is 0 Å². The molecule has 1 saturated heterocycles. The van der Waals surface area contributed by atoms with Gasteiger partial charge in [0.05, 0.1) is 25.1 Å². The number of pyridine rings is 1. The van der Waals surface area contributed by atoms with E-state index in [4.69, 9.17) is 9.47 Å². The quantitative estimate of drug-likeness (QED) is 0.252. The summed E-state index contributed by atoms with van der Waals surface area (Å²) in [7, 11) is 1.44. The van der Waals surface area contributed by atoms with Crippen LogP contribution >= 0.6 is 0 Å². The Kier molecular flexibility index (Phi) is 8.30. The summed E-state index contributed by atoms with van der Waals surface area (Å²) in [5.41, 5.74) is 4.41. The number of carboxylic acid groups (broad SMARTS) is 1. The van der Waals surface area contributed by atoms with Gasteiger partial charge in [-0.3, -0.25) is 9.69 Å². The fourth-order valence-corrected chi connectivity index (χ4v) is 6.84. The second kappa shape index (κ2) is 12.0. The van der Waals surface area contributed by atoms with Gasteiger partial charge < -0.3 is 14.6 Å². The third-order valence-electron chi connectivity index (χ3n) is 9.44. The number of hydrogen-bond acceptors (Lipinski definition) is 5. The second-order valence-electron chi connectivity index (χ2n) is 12.4. The lowest BCUT2D eigenvalue weighted by molar-refractivity contribution is -0.170. The zero-order valence-corrected chi connectivity index (χ0v) is 24.7. The second-order valence-corrected chi connectivity index (χ2v) is 12.4. The first-order valence-corrected chi connectivity index (χ1v) is 15.2. The zero-order chi connectivity index (χ0) is 31.2. The average Bonchev–Trinajstić information content (AvgIpc) is 3.72.